The van der Waals surface area contributed by atoms with Crippen LogP contribution in [0.2, 0.25) is 5.02 Å². The summed E-state index contributed by atoms with van der Waals surface area (Å²) in [6.07, 6.45) is 4.15. The van der Waals surface area contributed by atoms with Gasteiger partial charge in [-0.2, -0.15) is 0 Å². The van der Waals surface area contributed by atoms with Gasteiger partial charge in [0.1, 0.15) is 23.7 Å². The quantitative estimate of drug-likeness (QED) is 0.524. The van der Waals surface area contributed by atoms with Crippen molar-refractivity contribution in [1.82, 2.24) is 14.9 Å². The van der Waals surface area contributed by atoms with Gasteiger partial charge in [-0.15, -0.1) is 0 Å². The number of halogens is 1. The molecule has 166 valence electrons. The number of hydrogen-bond donors (Lipinski definition) is 3. The highest BCUT2D eigenvalue weighted by Crippen LogP contribution is 2.44. The van der Waals surface area contributed by atoms with E-state index in [9.17, 15) is 0 Å². The minimum absolute atomic E-state index is 0.151. The van der Waals surface area contributed by atoms with Crippen LogP contribution in [0.25, 0.3) is 0 Å². The maximum Gasteiger partial charge on any atom is 0.141 e. The Labute approximate surface area is 188 Å². The lowest BCUT2D eigenvalue weighted by Gasteiger charge is -2.41. The number of likely N-dealkylation sites (tertiary alicyclic amines) is 1. The van der Waals surface area contributed by atoms with E-state index in [2.05, 4.69) is 27.1 Å². The first kappa shape index (κ1) is 21.8. The Kier molecular flexibility index (Phi) is 6.08. The van der Waals surface area contributed by atoms with Gasteiger partial charge >= 0.3 is 0 Å². The second kappa shape index (κ2) is 8.63. The zero-order chi connectivity index (χ0) is 22.3. The lowest BCUT2D eigenvalue weighted by molar-refractivity contribution is 0.139. The molecule has 4 N–H and O–H groups in total. The third-order valence-electron chi connectivity index (χ3n) is 6.41. The molecule has 4 rings (SSSR count). The van der Waals surface area contributed by atoms with Gasteiger partial charge in [-0.3, -0.25) is 0 Å². The number of nitrogens with two attached hydrogens (primary N) is 1. The standard InChI is InChI=1S/C23H31ClN6O/c1-12-18(24)7-17(14(3)29-23-20(13(2)25)22(26)27-11-28-23)21(31-4)19(12)16-9-30(10-16)8-15-5-6-15/h7,11,14-16,25H,5-6,8-10H2,1-4H3,(H3,26,27,28,29). The summed E-state index contributed by atoms with van der Waals surface area (Å²) in [7, 11) is 1.72. The van der Waals surface area contributed by atoms with Crippen LogP contribution in [0.5, 0.6) is 5.75 Å². The van der Waals surface area contributed by atoms with Gasteiger partial charge in [-0.05, 0) is 51.2 Å². The van der Waals surface area contributed by atoms with Crippen molar-refractivity contribution >= 4 is 28.9 Å². The summed E-state index contributed by atoms with van der Waals surface area (Å²) in [5.41, 5.74) is 10.1. The minimum Gasteiger partial charge on any atom is -0.496 e. The lowest BCUT2D eigenvalue weighted by Crippen LogP contribution is -2.46. The van der Waals surface area contributed by atoms with Gasteiger partial charge in [0.2, 0.25) is 0 Å². The van der Waals surface area contributed by atoms with Gasteiger partial charge in [-0.1, -0.05) is 11.6 Å². The van der Waals surface area contributed by atoms with E-state index in [4.69, 9.17) is 27.5 Å². The number of anilines is 2. The number of benzene rings is 1. The minimum atomic E-state index is -0.151. The van der Waals surface area contributed by atoms with E-state index in [0.29, 0.717) is 23.0 Å². The summed E-state index contributed by atoms with van der Waals surface area (Å²) in [5.74, 6) is 3.03. The molecule has 0 amide bonds. The van der Waals surface area contributed by atoms with Gasteiger partial charge in [0, 0.05) is 47.4 Å². The smallest absolute Gasteiger partial charge is 0.141 e. The van der Waals surface area contributed by atoms with E-state index in [0.717, 1.165) is 40.9 Å². The summed E-state index contributed by atoms with van der Waals surface area (Å²) >= 11 is 6.68. The van der Waals surface area contributed by atoms with E-state index in [1.807, 2.05) is 13.0 Å². The van der Waals surface area contributed by atoms with E-state index in [1.165, 1.54) is 31.3 Å². The van der Waals surface area contributed by atoms with Crippen molar-refractivity contribution in [1.29, 1.82) is 5.41 Å². The molecule has 1 saturated carbocycles. The molecule has 31 heavy (non-hydrogen) atoms. The Morgan fingerprint density at radius 1 is 1.39 bits per heavy atom. The normalized spacial score (nSPS) is 17.8. The molecule has 1 aromatic carbocycles. The molecule has 1 unspecified atom stereocenters. The van der Waals surface area contributed by atoms with E-state index < -0.39 is 0 Å². The first-order valence-corrected chi connectivity index (χ1v) is 11.2. The molecule has 1 aromatic heterocycles. The predicted octanol–water partition coefficient (Wildman–Crippen LogP) is 4.40. The third-order valence-corrected chi connectivity index (χ3v) is 6.80. The first-order valence-electron chi connectivity index (χ1n) is 10.8. The monoisotopic (exact) mass is 442 g/mol. The largest absolute Gasteiger partial charge is 0.496 e. The fourth-order valence-corrected chi connectivity index (χ4v) is 4.75. The molecule has 0 bridgehead atoms. The van der Waals surface area contributed by atoms with Crippen LogP contribution >= 0.6 is 11.6 Å². The van der Waals surface area contributed by atoms with Crippen LogP contribution in [-0.4, -0.2) is 47.3 Å². The molecule has 2 fully saturated rings. The van der Waals surface area contributed by atoms with Gasteiger partial charge in [0.05, 0.1) is 18.7 Å². The summed E-state index contributed by atoms with van der Waals surface area (Å²) in [6.45, 7) is 9.10. The number of methoxy groups -OCH3 is 1. The molecule has 0 radical (unpaired) electrons. The zero-order valence-corrected chi connectivity index (χ0v) is 19.4. The number of rotatable bonds is 8. The Morgan fingerprint density at radius 2 is 2.10 bits per heavy atom. The van der Waals surface area contributed by atoms with Crippen LogP contribution in [0.15, 0.2) is 12.4 Å². The lowest BCUT2D eigenvalue weighted by atomic mass is 9.85. The fraction of sp³-hybridized carbons (Fsp3) is 0.522. The molecule has 2 aromatic rings. The number of nitrogens with zero attached hydrogens (tertiary/aromatic N) is 3. The SMILES string of the molecule is COc1c(C(C)Nc2ncnc(N)c2C(C)=N)cc(Cl)c(C)c1C1CN(CC2CC2)C1. The molecule has 2 heterocycles. The van der Waals surface area contributed by atoms with E-state index in [1.54, 1.807) is 14.0 Å². The van der Waals surface area contributed by atoms with Crippen molar-refractivity contribution in [3.05, 3.63) is 39.7 Å². The molecule has 2 aliphatic rings. The highest BCUT2D eigenvalue weighted by molar-refractivity contribution is 6.31. The van der Waals surface area contributed by atoms with E-state index >= 15 is 0 Å². The van der Waals surface area contributed by atoms with Crippen molar-refractivity contribution in [3.63, 3.8) is 0 Å². The van der Waals surface area contributed by atoms with Crippen molar-refractivity contribution in [3.8, 4) is 5.75 Å². The van der Waals surface area contributed by atoms with Gasteiger partial charge in [-0.25, -0.2) is 9.97 Å². The molecule has 8 heteroatoms. The van der Waals surface area contributed by atoms with E-state index in [-0.39, 0.29) is 11.9 Å². The van der Waals surface area contributed by atoms with Crippen molar-refractivity contribution in [2.75, 3.05) is 37.8 Å². The van der Waals surface area contributed by atoms with Crippen molar-refractivity contribution in [2.45, 2.75) is 45.6 Å². The van der Waals surface area contributed by atoms with Gasteiger partial charge in [0.25, 0.3) is 0 Å². The number of aromatic nitrogens is 2. The zero-order valence-electron chi connectivity index (χ0n) is 18.6. The molecule has 1 aliphatic heterocycles. The number of hydrogen-bond acceptors (Lipinski definition) is 7. The van der Waals surface area contributed by atoms with Gasteiger partial charge < -0.3 is 26.1 Å². The highest BCUT2D eigenvalue weighted by atomic mass is 35.5. The Balaban J connectivity index is 1.63. The van der Waals surface area contributed by atoms with Crippen molar-refractivity contribution < 1.29 is 4.74 Å². The van der Waals surface area contributed by atoms with Crippen LogP contribution in [0, 0.1) is 18.3 Å². The molecular weight excluding hydrogens is 412 g/mol. The molecular formula is C23H31ClN6O. The van der Waals surface area contributed by atoms with Crippen LogP contribution in [0.4, 0.5) is 11.6 Å². The first-order chi connectivity index (χ1) is 14.8. The van der Waals surface area contributed by atoms with Crippen LogP contribution in [0.3, 0.4) is 0 Å². The maximum atomic E-state index is 8.05. The Hall–Kier alpha value is -2.38. The van der Waals surface area contributed by atoms with Gasteiger partial charge in [0.15, 0.2) is 0 Å². The second-order valence-corrected chi connectivity index (χ2v) is 9.26. The van der Waals surface area contributed by atoms with Crippen LogP contribution in [-0.2, 0) is 0 Å². The maximum absolute atomic E-state index is 8.05. The third kappa shape index (κ3) is 4.34. The number of ether oxygens (including phenoxy) is 1. The van der Waals surface area contributed by atoms with Crippen molar-refractivity contribution in [2.24, 2.45) is 5.92 Å². The second-order valence-electron chi connectivity index (χ2n) is 8.85. The fourth-order valence-electron chi connectivity index (χ4n) is 4.53. The molecule has 0 spiro atoms. The summed E-state index contributed by atoms with van der Waals surface area (Å²) in [4.78, 5) is 10.9. The van der Waals surface area contributed by atoms with Crippen LogP contribution in [0.1, 0.15) is 60.9 Å². The average Bonchev–Trinajstić information content (AvgIpc) is 3.50. The molecule has 7 nitrogen and oxygen atoms in total. The highest BCUT2D eigenvalue weighted by Gasteiger charge is 2.36. The summed E-state index contributed by atoms with van der Waals surface area (Å²) in [5, 5.41) is 12.2. The average molecular weight is 443 g/mol. The Morgan fingerprint density at radius 3 is 2.71 bits per heavy atom. The molecule has 1 saturated heterocycles. The number of nitrogen functional groups attached to an aromatic ring is 1. The predicted molar refractivity (Wildman–Crippen MR) is 126 cm³/mol. The summed E-state index contributed by atoms with van der Waals surface area (Å²) in [6, 6.07) is 1.82. The summed E-state index contributed by atoms with van der Waals surface area (Å²) < 4.78 is 5.94. The molecule has 1 atom stereocenters. The number of nitrogens with one attached hydrogen (secondary N) is 2. The topological polar surface area (TPSA) is 100 Å². The Bertz CT molecular complexity index is 1000. The van der Waals surface area contributed by atoms with Crippen LogP contribution < -0.4 is 15.8 Å². The molecule has 1 aliphatic carbocycles.